The first-order valence-electron chi connectivity index (χ1n) is 5.84. The van der Waals surface area contributed by atoms with Crippen molar-refractivity contribution >= 4 is 34.7 Å². The lowest BCUT2D eigenvalue weighted by atomic mass is 10.2. The molecule has 20 heavy (non-hydrogen) atoms. The molecule has 0 aliphatic heterocycles. The molecule has 1 aromatic rings. The van der Waals surface area contributed by atoms with Crippen LogP contribution < -0.4 is 15.8 Å². The lowest BCUT2D eigenvalue weighted by Gasteiger charge is -2.12. The quantitative estimate of drug-likeness (QED) is 0.656. The summed E-state index contributed by atoms with van der Waals surface area (Å²) in [5, 5.41) is 3.61. The minimum absolute atomic E-state index is 0.306. The first kappa shape index (κ1) is 16.0. The second-order valence-corrected chi connectivity index (χ2v) is 4.13. The maximum absolute atomic E-state index is 6.08. The molecule has 0 radical (unpaired) electrons. The number of nitrogens with zero attached hydrogens (tertiary/aromatic N) is 3. The van der Waals surface area contributed by atoms with Gasteiger partial charge in [-0.25, -0.2) is 0 Å². The molecule has 0 saturated carbocycles. The predicted octanol–water partition coefficient (Wildman–Crippen LogP) is 1.85. The highest BCUT2D eigenvalue weighted by molar-refractivity contribution is 6.69. The SMILES string of the molecule is C/N=C(Nc1ccc(OC)c(Cl)c1)/C(=N/C)C(/N)=N\C. The Hall–Kier alpha value is -2.08. The van der Waals surface area contributed by atoms with Gasteiger partial charge < -0.3 is 15.8 Å². The first-order valence-corrected chi connectivity index (χ1v) is 6.22. The molecule has 0 bridgehead atoms. The van der Waals surface area contributed by atoms with Gasteiger partial charge in [-0.1, -0.05) is 11.6 Å². The average Bonchev–Trinajstić information content (AvgIpc) is 2.46. The number of amidine groups is 2. The Morgan fingerprint density at radius 3 is 2.35 bits per heavy atom. The minimum atomic E-state index is 0.306. The second kappa shape index (κ2) is 7.49. The van der Waals surface area contributed by atoms with Crippen molar-refractivity contribution in [2.75, 3.05) is 33.6 Å². The summed E-state index contributed by atoms with van der Waals surface area (Å²) in [5.41, 5.74) is 7.02. The monoisotopic (exact) mass is 295 g/mol. The minimum Gasteiger partial charge on any atom is -0.495 e. The van der Waals surface area contributed by atoms with E-state index in [9.17, 15) is 0 Å². The van der Waals surface area contributed by atoms with E-state index in [1.807, 2.05) is 6.07 Å². The van der Waals surface area contributed by atoms with Gasteiger partial charge >= 0.3 is 0 Å². The van der Waals surface area contributed by atoms with E-state index in [4.69, 9.17) is 22.1 Å². The molecule has 0 aliphatic carbocycles. The maximum Gasteiger partial charge on any atom is 0.154 e. The molecule has 3 N–H and O–H groups in total. The molecule has 0 unspecified atom stereocenters. The number of nitrogens with one attached hydrogen (secondary N) is 1. The third-order valence-corrected chi connectivity index (χ3v) is 2.86. The predicted molar refractivity (Wildman–Crippen MR) is 85.9 cm³/mol. The van der Waals surface area contributed by atoms with Gasteiger partial charge in [0.05, 0.1) is 12.1 Å². The van der Waals surface area contributed by atoms with Crippen molar-refractivity contribution < 1.29 is 4.74 Å². The smallest absolute Gasteiger partial charge is 0.154 e. The summed E-state index contributed by atoms with van der Waals surface area (Å²) in [5.74, 6) is 1.42. The molecule has 108 valence electrons. The van der Waals surface area contributed by atoms with Crippen molar-refractivity contribution in [3.05, 3.63) is 23.2 Å². The van der Waals surface area contributed by atoms with Crippen molar-refractivity contribution in [3.63, 3.8) is 0 Å². The van der Waals surface area contributed by atoms with E-state index in [1.165, 1.54) is 0 Å². The molecule has 6 nitrogen and oxygen atoms in total. The Kier molecular flexibility index (Phi) is 5.99. The van der Waals surface area contributed by atoms with Gasteiger partial charge in [-0.05, 0) is 18.2 Å². The van der Waals surface area contributed by atoms with Crippen molar-refractivity contribution in [1.29, 1.82) is 0 Å². The lowest BCUT2D eigenvalue weighted by Crippen LogP contribution is -2.35. The average molecular weight is 296 g/mol. The normalized spacial score (nSPS) is 13.3. The first-order chi connectivity index (χ1) is 9.57. The zero-order valence-corrected chi connectivity index (χ0v) is 12.7. The van der Waals surface area contributed by atoms with Crippen LogP contribution in [0.2, 0.25) is 5.02 Å². The van der Waals surface area contributed by atoms with Crippen molar-refractivity contribution in [1.82, 2.24) is 0 Å². The van der Waals surface area contributed by atoms with Crippen LogP contribution in [-0.4, -0.2) is 45.6 Å². The highest BCUT2D eigenvalue weighted by atomic mass is 35.5. The Morgan fingerprint density at radius 1 is 1.20 bits per heavy atom. The summed E-state index contributed by atoms with van der Waals surface area (Å²) >= 11 is 6.08. The summed E-state index contributed by atoms with van der Waals surface area (Å²) in [4.78, 5) is 12.1. The van der Waals surface area contributed by atoms with Gasteiger partial charge in [0.1, 0.15) is 17.3 Å². The van der Waals surface area contributed by atoms with E-state index in [2.05, 4.69) is 20.3 Å². The third-order valence-electron chi connectivity index (χ3n) is 2.57. The number of methoxy groups -OCH3 is 1. The molecule has 0 aliphatic rings. The summed E-state index contributed by atoms with van der Waals surface area (Å²) in [7, 11) is 6.42. The Balaban J connectivity index is 3.04. The Morgan fingerprint density at radius 2 is 1.90 bits per heavy atom. The molecule has 1 aromatic carbocycles. The summed E-state index contributed by atoms with van der Waals surface area (Å²) < 4.78 is 5.10. The zero-order chi connectivity index (χ0) is 15.1. The van der Waals surface area contributed by atoms with Crippen molar-refractivity contribution in [2.45, 2.75) is 0 Å². The molecular weight excluding hydrogens is 278 g/mol. The van der Waals surface area contributed by atoms with E-state index in [1.54, 1.807) is 40.4 Å². The van der Waals surface area contributed by atoms with E-state index in [0.29, 0.717) is 28.2 Å². The van der Waals surface area contributed by atoms with Crippen LogP contribution in [0.1, 0.15) is 0 Å². The fourth-order valence-electron chi connectivity index (χ4n) is 1.55. The Bertz CT molecular complexity index is 566. The van der Waals surface area contributed by atoms with Crippen LogP contribution in [0.4, 0.5) is 5.69 Å². The number of anilines is 1. The van der Waals surface area contributed by atoms with Crippen LogP contribution in [0.25, 0.3) is 0 Å². The largest absolute Gasteiger partial charge is 0.495 e. The van der Waals surface area contributed by atoms with Crippen LogP contribution in [-0.2, 0) is 0 Å². The molecule has 1 rings (SSSR count). The fraction of sp³-hybridized carbons (Fsp3) is 0.308. The van der Waals surface area contributed by atoms with Gasteiger partial charge in [-0.3, -0.25) is 15.0 Å². The van der Waals surface area contributed by atoms with Crippen LogP contribution in [0.3, 0.4) is 0 Å². The number of rotatable bonds is 4. The van der Waals surface area contributed by atoms with Crippen LogP contribution in [0.5, 0.6) is 5.75 Å². The molecule has 0 atom stereocenters. The molecule has 0 spiro atoms. The molecule has 0 saturated heterocycles. The summed E-state index contributed by atoms with van der Waals surface area (Å²) in [6.07, 6.45) is 0. The summed E-state index contributed by atoms with van der Waals surface area (Å²) in [6, 6.07) is 5.32. The van der Waals surface area contributed by atoms with Crippen LogP contribution in [0, 0.1) is 0 Å². The topological polar surface area (TPSA) is 84.4 Å². The van der Waals surface area contributed by atoms with E-state index >= 15 is 0 Å². The molecule has 0 heterocycles. The van der Waals surface area contributed by atoms with Gasteiger partial charge in [0.2, 0.25) is 0 Å². The van der Waals surface area contributed by atoms with Crippen LogP contribution >= 0.6 is 11.6 Å². The number of benzene rings is 1. The van der Waals surface area contributed by atoms with Crippen LogP contribution in [0.15, 0.2) is 33.2 Å². The number of hydrogen-bond acceptors (Lipinski definition) is 4. The summed E-state index contributed by atoms with van der Waals surface area (Å²) in [6.45, 7) is 0. The zero-order valence-electron chi connectivity index (χ0n) is 11.9. The third kappa shape index (κ3) is 3.71. The van der Waals surface area contributed by atoms with Crippen molar-refractivity contribution in [3.8, 4) is 5.75 Å². The molecule has 7 heteroatoms. The van der Waals surface area contributed by atoms with Crippen molar-refractivity contribution in [2.24, 2.45) is 20.7 Å². The van der Waals surface area contributed by atoms with Gasteiger partial charge in [-0.2, -0.15) is 0 Å². The highest BCUT2D eigenvalue weighted by Crippen LogP contribution is 2.27. The molecule has 0 aromatic heterocycles. The number of hydrogen-bond donors (Lipinski definition) is 2. The van der Waals surface area contributed by atoms with E-state index < -0.39 is 0 Å². The fourth-order valence-corrected chi connectivity index (χ4v) is 1.81. The lowest BCUT2D eigenvalue weighted by molar-refractivity contribution is 0.415. The Labute approximate surface area is 123 Å². The number of halogens is 1. The van der Waals surface area contributed by atoms with E-state index in [0.717, 1.165) is 5.69 Å². The molecule has 0 amide bonds. The molecular formula is C13H18ClN5O. The second-order valence-electron chi connectivity index (χ2n) is 3.73. The van der Waals surface area contributed by atoms with Gasteiger partial charge in [-0.15, -0.1) is 0 Å². The van der Waals surface area contributed by atoms with Gasteiger partial charge in [0, 0.05) is 26.8 Å². The number of ether oxygens (including phenoxy) is 1. The van der Waals surface area contributed by atoms with Gasteiger partial charge in [0.25, 0.3) is 0 Å². The standard InChI is InChI=1S/C13H18ClN5O/c1-16-11(12(15)17-2)13(18-3)19-8-5-6-10(20-4)9(14)7-8/h5-7H,1-4H3,(H2,15,17)(H,18,19)/b16-11+. The maximum atomic E-state index is 6.08. The molecule has 0 fully saturated rings. The van der Waals surface area contributed by atoms with Gasteiger partial charge in [0.15, 0.2) is 5.84 Å². The number of aliphatic imine (C=N–C) groups is 3. The number of nitrogens with two attached hydrogens (primary N) is 1. The highest BCUT2D eigenvalue weighted by Gasteiger charge is 2.12. The van der Waals surface area contributed by atoms with E-state index in [-0.39, 0.29) is 0 Å².